The topological polar surface area (TPSA) is 85.3 Å². The molecule has 4 rings (SSSR count). The zero-order valence-corrected chi connectivity index (χ0v) is 24.3. The van der Waals surface area contributed by atoms with E-state index in [9.17, 15) is 23.5 Å². The van der Waals surface area contributed by atoms with Gasteiger partial charge in [-0.1, -0.05) is 42.5 Å². The van der Waals surface area contributed by atoms with E-state index in [-0.39, 0.29) is 30.3 Å². The summed E-state index contributed by atoms with van der Waals surface area (Å²) in [5, 5.41) is 9.34. The lowest BCUT2D eigenvalue weighted by molar-refractivity contribution is -0.152. The number of amides is 1. The summed E-state index contributed by atoms with van der Waals surface area (Å²) in [6.45, 7) is 6.58. The van der Waals surface area contributed by atoms with Crippen LogP contribution < -0.4 is 14.2 Å². The Balaban J connectivity index is 1.51. The molecule has 0 fully saturated rings. The first-order valence-corrected chi connectivity index (χ1v) is 13.6. The molecule has 224 valence electrons. The molecule has 0 unspecified atom stereocenters. The number of aryl methyl sites for hydroxylation is 1. The minimum absolute atomic E-state index is 0.138. The van der Waals surface area contributed by atoms with E-state index in [0.717, 1.165) is 5.56 Å². The van der Waals surface area contributed by atoms with Crippen LogP contribution in [-0.2, 0) is 22.7 Å². The Morgan fingerprint density at radius 1 is 0.814 bits per heavy atom. The van der Waals surface area contributed by atoms with Crippen molar-refractivity contribution >= 4 is 11.9 Å². The molecule has 1 N–H and O–H groups in total. The van der Waals surface area contributed by atoms with Crippen LogP contribution in [0.2, 0.25) is 0 Å². The summed E-state index contributed by atoms with van der Waals surface area (Å²) in [5.41, 5.74) is 0.525. The second-order valence-electron chi connectivity index (χ2n) is 10.6. The number of carbonyl (C=O) groups excluding carboxylic acids is 1. The molecular formula is C34H33F2NO6. The van der Waals surface area contributed by atoms with Crippen molar-refractivity contribution in [3.63, 3.8) is 0 Å². The largest absolute Gasteiger partial charge is 0.478 e. The van der Waals surface area contributed by atoms with Crippen molar-refractivity contribution < 1.29 is 37.7 Å². The van der Waals surface area contributed by atoms with E-state index < -0.39 is 18.0 Å². The highest BCUT2D eigenvalue weighted by Crippen LogP contribution is 2.33. The van der Waals surface area contributed by atoms with Gasteiger partial charge in [-0.15, -0.1) is 0 Å². The van der Waals surface area contributed by atoms with Gasteiger partial charge in [-0.05, 0) is 80.4 Å². The average molecular weight is 590 g/mol. The molecule has 0 saturated carbocycles. The molecule has 7 nitrogen and oxygen atoms in total. The lowest BCUT2D eigenvalue weighted by atomic mass is 10.1. The third-order valence-electron chi connectivity index (χ3n) is 6.65. The van der Waals surface area contributed by atoms with Gasteiger partial charge in [-0.25, -0.2) is 13.6 Å². The first-order chi connectivity index (χ1) is 20.4. The molecule has 0 aromatic heterocycles. The molecule has 0 bridgehead atoms. The number of carbonyl (C=O) groups is 2. The lowest BCUT2D eigenvalue weighted by Crippen LogP contribution is -2.38. The Bertz CT molecular complexity index is 1590. The standard InChI is InChI=1S/C34H33F2NO6/c1-22-17-29(15-16-30(22)43-34(3,4)33(39)40)41-28-12-8-9-24(18-28)20-37(23(2)38)21-26-14-13-25(32(35)36)19-31(26)42-27-10-6-5-7-11-27/h5-19,32H,20-21H2,1-4H3,(H,39,40). The number of ether oxygens (including phenoxy) is 3. The average Bonchev–Trinajstić information content (AvgIpc) is 2.95. The quantitative estimate of drug-likeness (QED) is 0.179. The highest BCUT2D eigenvalue weighted by atomic mass is 19.3. The van der Waals surface area contributed by atoms with Crippen LogP contribution >= 0.6 is 0 Å². The molecule has 0 aliphatic rings. The maximum absolute atomic E-state index is 13.5. The molecule has 0 aliphatic carbocycles. The summed E-state index contributed by atoms with van der Waals surface area (Å²) in [5.74, 6) is 0.966. The van der Waals surface area contributed by atoms with Gasteiger partial charge >= 0.3 is 5.97 Å². The summed E-state index contributed by atoms with van der Waals surface area (Å²) >= 11 is 0. The Kier molecular flexibility index (Phi) is 9.65. The van der Waals surface area contributed by atoms with Crippen molar-refractivity contribution in [2.24, 2.45) is 0 Å². The molecular weight excluding hydrogens is 556 g/mol. The number of benzene rings is 4. The van der Waals surface area contributed by atoms with Gasteiger partial charge < -0.3 is 24.2 Å². The fourth-order valence-corrected chi connectivity index (χ4v) is 4.21. The highest BCUT2D eigenvalue weighted by Gasteiger charge is 2.30. The number of hydrogen-bond acceptors (Lipinski definition) is 5. The summed E-state index contributed by atoms with van der Waals surface area (Å²) in [7, 11) is 0. The van der Waals surface area contributed by atoms with Crippen molar-refractivity contribution in [2.75, 3.05) is 0 Å². The number of halogens is 2. The highest BCUT2D eigenvalue weighted by molar-refractivity contribution is 5.77. The second kappa shape index (κ2) is 13.4. The number of alkyl halides is 2. The van der Waals surface area contributed by atoms with E-state index >= 15 is 0 Å². The second-order valence-corrected chi connectivity index (χ2v) is 10.6. The van der Waals surface area contributed by atoms with Crippen LogP contribution in [0.1, 0.15) is 49.5 Å². The molecule has 1 amide bonds. The first-order valence-electron chi connectivity index (χ1n) is 13.6. The minimum atomic E-state index is -2.66. The zero-order valence-electron chi connectivity index (χ0n) is 24.3. The molecule has 0 heterocycles. The van der Waals surface area contributed by atoms with E-state index in [1.165, 1.54) is 32.9 Å². The van der Waals surface area contributed by atoms with Crippen LogP contribution in [0, 0.1) is 6.92 Å². The molecule has 0 saturated heterocycles. The smallest absolute Gasteiger partial charge is 0.347 e. The van der Waals surface area contributed by atoms with Crippen molar-refractivity contribution in [1.29, 1.82) is 0 Å². The van der Waals surface area contributed by atoms with E-state index in [0.29, 0.717) is 34.1 Å². The Hall–Kier alpha value is -4.92. The van der Waals surface area contributed by atoms with Gasteiger partial charge in [0.25, 0.3) is 6.43 Å². The van der Waals surface area contributed by atoms with Crippen LogP contribution in [0.3, 0.4) is 0 Å². The van der Waals surface area contributed by atoms with Crippen molar-refractivity contribution in [3.05, 3.63) is 113 Å². The number of para-hydroxylation sites is 1. The van der Waals surface area contributed by atoms with Crippen LogP contribution in [0.4, 0.5) is 8.78 Å². The molecule has 0 spiro atoms. The third kappa shape index (κ3) is 8.31. The zero-order chi connectivity index (χ0) is 31.1. The fraction of sp³-hybridized carbons (Fsp3) is 0.235. The Morgan fingerprint density at radius 2 is 1.51 bits per heavy atom. The first kappa shape index (κ1) is 31.0. The van der Waals surface area contributed by atoms with Crippen LogP contribution in [0.25, 0.3) is 0 Å². The molecule has 43 heavy (non-hydrogen) atoms. The maximum Gasteiger partial charge on any atom is 0.347 e. The van der Waals surface area contributed by atoms with Crippen molar-refractivity contribution in [3.8, 4) is 28.7 Å². The van der Waals surface area contributed by atoms with E-state index in [1.807, 2.05) is 24.3 Å². The summed E-state index contributed by atoms with van der Waals surface area (Å²) in [6, 6.07) is 25.4. The third-order valence-corrected chi connectivity index (χ3v) is 6.65. The summed E-state index contributed by atoms with van der Waals surface area (Å²) in [6.07, 6.45) is -2.66. The number of rotatable bonds is 12. The van der Waals surface area contributed by atoms with Gasteiger partial charge in [0, 0.05) is 31.1 Å². The Morgan fingerprint density at radius 3 is 2.16 bits per heavy atom. The number of nitrogens with zero attached hydrogens (tertiary/aromatic N) is 1. The number of carboxylic acid groups (broad SMARTS) is 1. The molecule has 9 heteroatoms. The Labute approximate surface area is 249 Å². The monoisotopic (exact) mass is 589 g/mol. The normalized spacial score (nSPS) is 11.2. The van der Waals surface area contributed by atoms with Gasteiger partial charge in [0.15, 0.2) is 5.60 Å². The molecule has 0 atom stereocenters. The van der Waals surface area contributed by atoms with Gasteiger partial charge in [-0.2, -0.15) is 0 Å². The molecule has 4 aromatic carbocycles. The number of carboxylic acids is 1. The summed E-state index contributed by atoms with van der Waals surface area (Å²) in [4.78, 5) is 25.7. The number of aliphatic carboxylic acids is 1. The van der Waals surface area contributed by atoms with Crippen LogP contribution in [0.15, 0.2) is 91.0 Å². The molecule has 4 aromatic rings. The SMILES string of the molecule is CC(=O)N(Cc1cccc(Oc2ccc(OC(C)(C)C(=O)O)c(C)c2)c1)Cc1ccc(C(F)F)cc1Oc1ccccc1. The minimum Gasteiger partial charge on any atom is -0.478 e. The van der Waals surface area contributed by atoms with Crippen molar-refractivity contribution in [2.45, 2.75) is 52.8 Å². The summed E-state index contributed by atoms with van der Waals surface area (Å²) < 4.78 is 44.6. The van der Waals surface area contributed by atoms with Gasteiger partial charge in [-0.3, -0.25) is 4.79 Å². The van der Waals surface area contributed by atoms with Crippen LogP contribution in [-0.4, -0.2) is 27.5 Å². The molecule has 0 aliphatic heterocycles. The number of hydrogen-bond donors (Lipinski definition) is 1. The van der Waals surface area contributed by atoms with E-state index in [1.54, 1.807) is 66.4 Å². The van der Waals surface area contributed by atoms with Gasteiger partial charge in [0.2, 0.25) is 5.91 Å². The van der Waals surface area contributed by atoms with Gasteiger partial charge in [0.05, 0.1) is 0 Å². The predicted molar refractivity (Wildman–Crippen MR) is 158 cm³/mol. The fourth-order valence-electron chi connectivity index (χ4n) is 4.21. The molecule has 0 radical (unpaired) electrons. The lowest BCUT2D eigenvalue weighted by Gasteiger charge is -2.24. The van der Waals surface area contributed by atoms with Crippen molar-refractivity contribution in [1.82, 2.24) is 4.90 Å². The maximum atomic E-state index is 13.5. The predicted octanol–water partition coefficient (Wildman–Crippen LogP) is 8.31. The van der Waals surface area contributed by atoms with E-state index in [4.69, 9.17) is 14.2 Å². The van der Waals surface area contributed by atoms with E-state index in [2.05, 4.69) is 0 Å². The van der Waals surface area contributed by atoms with Gasteiger partial charge in [0.1, 0.15) is 28.7 Å². The van der Waals surface area contributed by atoms with Crippen LogP contribution in [0.5, 0.6) is 28.7 Å².